The van der Waals surface area contributed by atoms with Crippen LogP contribution in [0.25, 0.3) is 0 Å². The minimum atomic E-state index is -1.44. The van der Waals surface area contributed by atoms with Crippen LogP contribution in [0.3, 0.4) is 0 Å². The summed E-state index contributed by atoms with van der Waals surface area (Å²) in [5.74, 6) is -0.911. The molecule has 0 saturated heterocycles. The molecule has 4 rings (SSSR count). The lowest BCUT2D eigenvalue weighted by Crippen LogP contribution is -2.64. The number of carbonyl (C=O) groups is 3. The first-order valence-corrected chi connectivity index (χ1v) is 12.5. The molecule has 1 unspecified atom stereocenters. The lowest BCUT2D eigenvalue weighted by atomic mass is 9.44. The van der Waals surface area contributed by atoms with Crippen LogP contribution in [0.2, 0.25) is 0 Å². The number of rotatable bonds is 5. The molecule has 0 bridgehead atoms. The quantitative estimate of drug-likeness (QED) is 0.613. The third-order valence-electron chi connectivity index (χ3n) is 9.64. The smallest absolute Gasteiger partial charge is 0.306 e. The van der Waals surface area contributed by atoms with Gasteiger partial charge in [-0.3, -0.25) is 14.4 Å². The number of allylic oxidation sites excluding steroid dienone is 4. The van der Waals surface area contributed by atoms with Crippen LogP contribution in [0.5, 0.6) is 0 Å². The second kappa shape index (κ2) is 8.16. The van der Waals surface area contributed by atoms with E-state index in [2.05, 4.69) is 13.8 Å². The number of hydrogen-bond donors (Lipinski definition) is 2. The van der Waals surface area contributed by atoms with Gasteiger partial charge in [0.05, 0.1) is 6.10 Å². The minimum absolute atomic E-state index is 0.00667. The molecule has 2 N–H and O–H groups in total. The monoisotopic (exact) mass is 458 g/mol. The van der Waals surface area contributed by atoms with Gasteiger partial charge in [-0.1, -0.05) is 46.3 Å². The number of hydrogen-bond acceptors (Lipinski definition) is 6. The zero-order valence-corrected chi connectivity index (χ0v) is 20.5. The van der Waals surface area contributed by atoms with Gasteiger partial charge in [0.2, 0.25) is 5.78 Å². The molecule has 33 heavy (non-hydrogen) atoms. The van der Waals surface area contributed by atoms with Crippen LogP contribution >= 0.6 is 0 Å². The zero-order valence-electron chi connectivity index (χ0n) is 20.5. The van der Waals surface area contributed by atoms with E-state index in [9.17, 15) is 24.6 Å². The summed E-state index contributed by atoms with van der Waals surface area (Å²) in [7, 11) is 0. The van der Waals surface area contributed by atoms with Gasteiger partial charge in [0.1, 0.15) is 6.61 Å². The normalized spacial score (nSPS) is 46.2. The Morgan fingerprint density at radius 2 is 1.91 bits per heavy atom. The second-order valence-electron chi connectivity index (χ2n) is 11.4. The van der Waals surface area contributed by atoms with Crippen molar-refractivity contribution in [2.45, 2.75) is 78.4 Å². The number of esters is 1. The fraction of sp³-hybridized carbons (Fsp3) is 0.741. The number of fused-ring (bicyclic) bond motifs is 5. The standard InChI is InChI=1S/C27H38O6/c1-6-7-23(32)33-27(22(31)14-28)16(3)11-20-18-10-15(2)19-12-17(29)8-9-25(19,4)24(18)21(30)13-26(20,27)5/h8-9,12,15-16,18,20-21,24,28,30H,6-7,10-11,13-14H2,1-5H3/t15-,16+,18-,20-,21?,24+,25-,26-,27-/m0/s1. The Morgan fingerprint density at radius 3 is 2.55 bits per heavy atom. The maximum atomic E-state index is 13.3. The Balaban J connectivity index is 1.81. The van der Waals surface area contributed by atoms with Crippen LogP contribution in [0.15, 0.2) is 23.8 Å². The molecular formula is C27H38O6. The molecule has 0 aromatic rings. The first kappa shape index (κ1) is 24.3. The van der Waals surface area contributed by atoms with E-state index in [1.807, 2.05) is 26.8 Å². The van der Waals surface area contributed by atoms with Gasteiger partial charge >= 0.3 is 5.97 Å². The number of Topliss-reactive ketones (excluding diaryl/α,β-unsaturated/α-hetero) is 1. The molecule has 0 aromatic carbocycles. The molecule has 0 amide bonds. The van der Waals surface area contributed by atoms with Gasteiger partial charge in [-0.05, 0) is 55.6 Å². The van der Waals surface area contributed by atoms with E-state index in [1.54, 1.807) is 12.2 Å². The van der Waals surface area contributed by atoms with Gasteiger partial charge in [-0.25, -0.2) is 0 Å². The molecule has 4 aliphatic carbocycles. The van der Waals surface area contributed by atoms with E-state index in [1.165, 1.54) is 0 Å². The molecule has 0 aromatic heterocycles. The van der Waals surface area contributed by atoms with Gasteiger partial charge in [-0.2, -0.15) is 0 Å². The summed E-state index contributed by atoms with van der Waals surface area (Å²) in [6.45, 7) is 9.37. The van der Waals surface area contributed by atoms with Crippen LogP contribution in [0.1, 0.15) is 66.7 Å². The largest absolute Gasteiger partial charge is 0.450 e. The Hall–Kier alpha value is -1.79. The average molecular weight is 459 g/mol. The van der Waals surface area contributed by atoms with E-state index >= 15 is 0 Å². The molecule has 6 heteroatoms. The van der Waals surface area contributed by atoms with Gasteiger partial charge < -0.3 is 14.9 Å². The van der Waals surface area contributed by atoms with Gasteiger partial charge in [0.15, 0.2) is 11.4 Å². The third-order valence-corrected chi connectivity index (χ3v) is 9.64. The molecule has 0 heterocycles. The Morgan fingerprint density at radius 1 is 1.21 bits per heavy atom. The lowest BCUT2D eigenvalue weighted by Gasteiger charge is -2.61. The molecule has 0 aliphatic heterocycles. The number of carbonyl (C=O) groups excluding carboxylic acids is 3. The van der Waals surface area contributed by atoms with Gasteiger partial charge in [0, 0.05) is 29.1 Å². The van der Waals surface area contributed by atoms with Crippen molar-refractivity contribution in [3.63, 3.8) is 0 Å². The molecule has 182 valence electrons. The maximum absolute atomic E-state index is 13.3. The van der Waals surface area contributed by atoms with Crippen molar-refractivity contribution in [2.24, 2.45) is 40.4 Å². The van der Waals surface area contributed by atoms with Crippen LogP contribution in [0, 0.1) is 40.4 Å². The summed E-state index contributed by atoms with van der Waals surface area (Å²) >= 11 is 0. The summed E-state index contributed by atoms with van der Waals surface area (Å²) in [6.07, 6.45) is 7.24. The molecule has 3 saturated carbocycles. The van der Waals surface area contributed by atoms with Gasteiger partial charge in [-0.15, -0.1) is 0 Å². The second-order valence-corrected chi connectivity index (χ2v) is 11.4. The first-order chi connectivity index (χ1) is 15.5. The Kier molecular flexibility index (Phi) is 6.02. The van der Waals surface area contributed by atoms with E-state index in [4.69, 9.17) is 4.74 Å². The molecule has 0 spiro atoms. The summed E-state index contributed by atoms with van der Waals surface area (Å²) in [5.41, 5.74) is -1.56. The van der Waals surface area contributed by atoms with Crippen molar-refractivity contribution < 1.29 is 29.3 Å². The number of ketones is 2. The van der Waals surface area contributed by atoms with E-state index in [-0.39, 0.29) is 41.8 Å². The van der Waals surface area contributed by atoms with Crippen LogP contribution < -0.4 is 0 Å². The molecule has 6 nitrogen and oxygen atoms in total. The van der Waals surface area contributed by atoms with Crippen molar-refractivity contribution in [1.29, 1.82) is 0 Å². The highest BCUT2D eigenvalue weighted by molar-refractivity contribution is 6.01. The summed E-state index contributed by atoms with van der Waals surface area (Å²) in [5, 5.41) is 21.6. The number of aliphatic hydroxyl groups is 2. The van der Waals surface area contributed by atoms with Crippen LogP contribution in [0.4, 0.5) is 0 Å². The third kappa shape index (κ3) is 3.23. The molecular weight excluding hydrogens is 420 g/mol. The maximum Gasteiger partial charge on any atom is 0.306 e. The number of ether oxygens (including phenoxy) is 1. The fourth-order valence-corrected chi connectivity index (χ4v) is 8.49. The highest BCUT2D eigenvalue weighted by Crippen LogP contribution is 2.69. The van der Waals surface area contributed by atoms with Crippen molar-refractivity contribution >= 4 is 17.5 Å². The Labute approximate surface area is 196 Å². The van der Waals surface area contributed by atoms with Crippen molar-refractivity contribution in [3.05, 3.63) is 23.8 Å². The van der Waals surface area contributed by atoms with E-state index in [0.717, 1.165) is 12.0 Å². The summed E-state index contributed by atoms with van der Waals surface area (Å²) in [6, 6.07) is 0. The first-order valence-electron chi connectivity index (χ1n) is 12.5. The van der Waals surface area contributed by atoms with Crippen molar-refractivity contribution in [1.82, 2.24) is 0 Å². The number of aliphatic hydroxyl groups excluding tert-OH is 2. The van der Waals surface area contributed by atoms with Crippen molar-refractivity contribution in [3.8, 4) is 0 Å². The Bertz CT molecular complexity index is 920. The fourth-order valence-electron chi connectivity index (χ4n) is 8.49. The predicted molar refractivity (Wildman–Crippen MR) is 123 cm³/mol. The van der Waals surface area contributed by atoms with E-state index < -0.39 is 40.9 Å². The van der Waals surface area contributed by atoms with E-state index in [0.29, 0.717) is 19.3 Å². The molecule has 9 atom stereocenters. The van der Waals surface area contributed by atoms with Gasteiger partial charge in [0.25, 0.3) is 0 Å². The highest BCUT2D eigenvalue weighted by atomic mass is 16.6. The topological polar surface area (TPSA) is 101 Å². The summed E-state index contributed by atoms with van der Waals surface area (Å²) < 4.78 is 6.05. The molecule has 0 radical (unpaired) electrons. The minimum Gasteiger partial charge on any atom is -0.450 e. The SMILES string of the molecule is CCCC(=O)O[C@]1(C(=O)CO)[C@H](C)C[C@H]2[C@@H]3C[C@H](C)C4=CC(=O)C=C[C@]4(C)[C@H]3C(O)C[C@@]21C. The average Bonchev–Trinajstić information content (AvgIpc) is 2.96. The summed E-state index contributed by atoms with van der Waals surface area (Å²) in [4.78, 5) is 38.2. The van der Waals surface area contributed by atoms with Crippen LogP contribution in [-0.4, -0.2) is 46.1 Å². The lowest BCUT2D eigenvalue weighted by molar-refractivity contribution is -0.206. The molecule has 3 fully saturated rings. The predicted octanol–water partition coefficient (Wildman–Crippen LogP) is 3.40. The zero-order chi connectivity index (χ0) is 24.3. The molecule has 4 aliphatic rings. The highest BCUT2D eigenvalue weighted by Gasteiger charge is 2.73. The van der Waals surface area contributed by atoms with Crippen LogP contribution in [-0.2, 0) is 19.1 Å². The van der Waals surface area contributed by atoms with Crippen molar-refractivity contribution in [2.75, 3.05) is 6.61 Å².